The zero-order valence-corrected chi connectivity index (χ0v) is 20.2. The lowest BCUT2D eigenvalue weighted by atomic mass is 10.0. The Morgan fingerprint density at radius 3 is 2.51 bits per heavy atom. The molecule has 1 aliphatic heterocycles. The minimum absolute atomic E-state index is 0.177. The molecule has 0 unspecified atom stereocenters. The van der Waals surface area contributed by atoms with Crippen molar-refractivity contribution in [3.8, 4) is 11.3 Å². The van der Waals surface area contributed by atoms with Crippen molar-refractivity contribution < 1.29 is 14.4 Å². The lowest BCUT2D eigenvalue weighted by Crippen LogP contribution is -2.52. The van der Waals surface area contributed by atoms with Crippen LogP contribution in [0, 0.1) is 6.92 Å². The molecule has 9 heteroatoms. The number of Topliss-reactive ketones (excluding diaryl/α,β-unsaturated/α-hetero) is 1. The minimum atomic E-state index is -0.572. The van der Waals surface area contributed by atoms with Gasteiger partial charge in [-0.1, -0.05) is 12.1 Å². The largest absolute Gasteiger partial charge is 0.361 e. The standard InChI is InChI=1S/C28H24N6O3/c1-17-15-31-24(19-5-6-21-18(14-19)7-9-30-21)25-23(17)20(16-32-25)26(35)28(37)34-12-10-33(11-13-34)27(36)22-4-2-3-8-29-22/h2-9,14-16,30,32H,10-13H2,1H3. The van der Waals surface area contributed by atoms with Gasteiger partial charge >= 0.3 is 0 Å². The van der Waals surface area contributed by atoms with E-state index in [1.165, 1.54) is 4.90 Å². The third-order valence-electron chi connectivity index (χ3n) is 6.90. The van der Waals surface area contributed by atoms with Gasteiger partial charge in [0.2, 0.25) is 0 Å². The van der Waals surface area contributed by atoms with Crippen LogP contribution in [0.4, 0.5) is 0 Å². The van der Waals surface area contributed by atoms with Gasteiger partial charge in [0, 0.05) is 72.8 Å². The van der Waals surface area contributed by atoms with Crippen molar-refractivity contribution in [3.05, 3.63) is 84.1 Å². The van der Waals surface area contributed by atoms with Crippen LogP contribution in [-0.2, 0) is 4.79 Å². The first-order valence-electron chi connectivity index (χ1n) is 12.1. The molecule has 6 rings (SSSR count). The molecule has 1 aliphatic rings. The molecule has 1 saturated heterocycles. The predicted octanol–water partition coefficient (Wildman–Crippen LogP) is 3.58. The smallest absolute Gasteiger partial charge is 0.295 e. The third-order valence-corrected chi connectivity index (χ3v) is 6.90. The molecule has 37 heavy (non-hydrogen) atoms. The van der Waals surface area contributed by atoms with Crippen LogP contribution in [0.2, 0.25) is 0 Å². The molecule has 2 N–H and O–H groups in total. The van der Waals surface area contributed by atoms with E-state index in [1.54, 1.807) is 41.7 Å². The number of carbonyl (C=O) groups excluding carboxylic acids is 3. The van der Waals surface area contributed by atoms with Gasteiger partial charge in [0.05, 0.1) is 16.8 Å². The number of hydrogen-bond donors (Lipinski definition) is 2. The molecule has 0 spiro atoms. The molecular weight excluding hydrogens is 468 g/mol. The van der Waals surface area contributed by atoms with Crippen LogP contribution >= 0.6 is 0 Å². The van der Waals surface area contributed by atoms with Gasteiger partial charge in [-0.25, -0.2) is 0 Å². The number of amides is 2. The van der Waals surface area contributed by atoms with E-state index in [0.29, 0.717) is 29.7 Å². The highest BCUT2D eigenvalue weighted by molar-refractivity contribution is 6.45. The topological polar surface area (TPSA) is 115 Å². The Labute approximate surface area is 212 Å². The summed E-state index contributed by atoms with van der Waals surface area (Å²) in [4.78, 5) is 57.5. The number of aromatic amines is 2. The Morgan fingerprint density at radius 2 is 1.73 bits per heavy atom. The van der Waals surface area contributed by atoms with Crippen LogP contribution in [0.15, 0.2) is 67.3 Å². The molecule has 0 radical (unpaired) electrons. The van der Waals surface area contributed by atoms with Crippen LogP contribution < -0.4 is 0 Å². The average Bonchev–Trinajstić information content (AvgIpc) is 3.60. The summed E-state index contributed by atoms with van der Waals surface area (Å²) in [5.74, 6) is -1.32. The van der Waals surface area contributed by atoms with Crippen molar-refractivity contribution in [1.82, 2.24) is 29.7 Å². The van der Waals surface area contributed by atoms with Crippen molar-refractivity contribution in [2.45, 2.75) is 6.92 Å². The second-order valence-corrected chi connectivity index (χ2v) is 9.15. The Balaban J connectivity index is 1.24. The molecule has 2 amide bonds. The Hall–Kier alpha value is -4.79. The predicted molar refractivity (Wildman–Crippen MR) is 139 cm³/mol. The number of carbonyl (C=O) groups is 3. The lowest BCUT2D eigenvalue weighted by molar-refractivity contribution is -0.127. The molecule has 0 atom stereocenters. The quantitative estimate of drug-likeness (QED) is 0.294. The first-order valence-corrected chi connectivity index (χ1v) is 12.1. The first-order chi connectivity index (χ1) is 18.0. The number of nitrogens with one attached hydrogen (secondary N) is 2. The number of fused-ring (bicyclic) bond motifs is 2. The number of ketones is 1. The van der Waals surface area contributed by atoms with Gasteiger partial charge in [-0.3, -0.25) is 24.4 Å². The van der Waals surface area contributed by atoms with E-state index in [9.17, 15) is 14.4 Å². The highest BCUT2D eigenvalue weighted by atomic mass is 16.2. The van der Waals surface area contributed by atoms with Crippen molar-refractivity contribution in [2.75, 3.05) is 26.2 Å². The summed E-state index contributed by atoms with van der Waals surface area (Å²) in [5, 5.41) is 1.76. The lowest BCUT2D eigenvalue weighted by Gasteiger charge is -2.34. The highest BCUT2D eigenvalue weighted by Crippen LogP contribution is 2.32. The van der Waals surface area contributed by atoms with Crippen molar-refractivity contribution in [1.29, 1.82) is 0 Å². The SMILES string of the molecule is Cc1cnc(-c2ccc3[nH]ccc3c2)c2[nH]cc(C(=O)C(=O)N3CCN(C(=O)c4ccccn4)CC3)c12. The summed E-state index contributed by atoms with van der Waals surface area (Å²) >= 11 is 0. The molecule has 0 saturated carbocycles. The summed E-state index contributed by atoms with van der Waals surface area (Å²) in [5.41, 5.74) is 4.89. The van der Waals surface area contributed by atoms with Crippen LogP contribution in [0.3, 0.4) is 0 Å². The number of pyridine rings is 2. The monoisotopic (exact) mass is 492 g/mol. The number of aryl methyl sites for hydroxylation is 1. The molecule has 0 bridgehead atoms. The molecule has 5 aromatic rings. The second-order valence-electron chi connectivity index (χ2n) is 9.15. The number of nitrogens with zero attached hydrogens (tertiary/aromatic N) is 4. The molecule has 184 valence electrons. The Morgan fingerprint density at radius 1 is 0.919 bits per heavy atom. The molecule has 0 aliphatic carbocycles. The normalized spacial score (nSPS) is 13.9. The van der Waals surface area contributed by atoms with Gasteiger partial charge in [0.25, 0.3) is 17.6 Å². The van der Waals surface area contributed by atoms with E-state index in [1.807, 2.05) is 37.4 Å². The van der Waals surface area contributed by atoms with Gasteiger partial charge in [-0.05, 0) is 42.8 Å². The number of H-pyrrole nitrogens is 2. The van der Waals surface area contributed by atoms with Gasteiger partial charge in [-0.2, -0.15) is 0 Å². The maximum absolute atomic E-state index is 13.4. The van der Waals surface area contributed by atoms with E-state index < -0.39 is 11.7 Å². The van der Waals surface area contributed by atoms with Crippen LogP contribution in [0.1, 0.15) is 26.4 Å². The second kappa shape index (κ2) is 9.02. The average molecular weight is 493 g/mol. The van der Waals surface area contributed by atoms with Gasteiger partial charge in [0.1, 0.15) is 5.69 Å². The number of hydrogen-bond acceptors (Lipinski definition) is 5. The number of piperazine rings is 1. The molecule has 5 heterocycles. The van der Waals surface area contributed by atoms with Crippen molar-refractivity contribution in [3.63, 3.8) is 0 Å². The van der Waals surface area contributed by atoms with Gasteiger partial charge < -0.3 is 19.8 Å². The fourth-order valence-electron chi connectivity index (χ4n) is 4.93. The molecule has 1 aromatic carbocycles. The summed E-state index contributed by atoms with van der Waals surface area (Å²) in [7, 11) is 0. The highest BCUT2D eigenvalue weighted by Gasteiger charge is 2.31. The fraction of sp³-hybridized carbons (Fsp3) is 0.179. The van der Waals surface area contributed by atoms with E-state index in [2.05, 4.69) is 19.9 Å². The van der Waals surface area contributed by atoms with E-state index in [4.69, 9.17) is 0 Å². The zero-order valence-electron chi connectivity index (χ0n) is 20.2. The molecular formula is C28H24N6O3. The molecule has 4 aromatic heterocycles. The minimum Gasteiger partial charge on any atom is -0.361 e. The summed E-state index contributed by atoms with van der Waals surface area (Å²) in [6, 6.07) is 13.2. The number of rotatable bonds is 4. The Bertz CT molecular complexity index is 1660. The first kappa shape index (κ1) is 22.7. The third kappa shape index (κ3) is 3.94. The summed E-state index contributed by atoms with van der Waals surface area (Å²) in [6.45, 7) is 3.14. The van der Waals surface area contributed by atoms with E-state index >= 15 is 0 Å². The molecule has 9 nitrogen and oxygen atoms in total. The van der Waals surface area contributed by atoms with Crippen LogP contribution in [0.25, 0.3) is 33.1 Å². The molecule has 1 fully saturated rings. The summed E-state index contributed by atoms with van der Waals surface area (Å²) < 4.78 is 0. The fourth-order valence-corrected chi connectivity index (χ4v) is 4.93. The van der Waals surface area contributed by atoms with Gasteiger partial charge in [-0.15, -0.1) is 0 Å². The van der Waals surface area contributed by atoms with Crippen LogP contribution in [0.5, 0.6) is 0 Å². The zero-order chi connectivity index (χ0) is 25.5. The summed E-state index contributed by atoms with van der Waals surface area (Å²) in [6.07, 6.45) is 6.79. The number of aromatic nitrogens is 4. The number of benzene rings is 1. The van der Waals surface area contributed by atoms with Crippen molar-refractivity contribution in [2.24, 2.45) is 0 Å². The van der Waals surface area contributed by atoms with E-state index in [0.717, 1.165) is 33.2 Å². The van der Waals surface area contributed by atoms with E-state index in [-0.39, 0.29) is 19.0 Å². The maximum atomic E-state index is 13.4. The maximum Gasteiger partial charge on any atom is 0.295 e. The van der Waals surface area contributed by atoms with Gasteiger partial charge in [0.15, 0.2) is 0 Å². The van der Waals surface area contributed by atoms with Crippen LogP contribution in [-0.4, -0.2) is 73.5 Å². The Kier molecular flexibility index (Phi) is 5.52. The van der Waals surface area contributed by atoms with Crippen molar-refractivity contribution >= 4 is 39.4 Å².